The molecule has 0 N–H and O–H groups in total. The Bertz CT molecular complexity index is 1320. The molecule has 33 heavy (non-hydrogen) atoms. The number of halogens is 1. The van der Waals surface area contributed by atoms with Gasteiger partial charge in [0.2, 0.25) is 20.0 Å². The number of rotatable bonds is 9. The highest BCUT2D eigenvalue weighted by molar-refractivity contribution is 7.89. The molecule has 0 unspecified atom stereocenters. The molecule has 0 amide bonds. The first-order chi connectivity index (χ1) is 15.6. The van der Waals surface area contributed by atoms with Crippen LogP contribution in [0.4, 0.5) is 4.39 Å². The van der Waals surface area contributed by atoms with Crippen molar-refractivity contribution in [1.82, 2.24) is 8.61 Å². The second-order valence-electron chi connectivity index (χ2n) is 7.47. The first-order valence-corrected chi connectivity index (χ1v) is 12.8. The van der Waals surface area contributed by atoms with Crippen LogP contribution in [0.1, 0.15) is 11.1 Å². The van der Waals surface area contributed by atoms with Crippen molar-refractivity contribution in [3.05, 3.63) is 89.7 Å². The molecule has 0 heterocycles. The smallest absolute Gasteiger partial charge is 0.243 e. The summed E-state index contributed by atoms with van der Waals surface area (Å²) in [6.07, 6.45) is 0. The Balaban J connectivity index is 2.01. The maximum Gasteiger partial charge on any atom is 0.243 e. The van der Waals surface area contributed by atoms with Crippen LogP contribution in [-0.4, -0.2) is 46.7 Å². The summed E-state index contributed by atoms with van der Waals surface area (Å²) in [5.74, 6) is 0.0461. The molecule has 0 aromatic heterocycles. The van der Waals surface area contributed by atoms with E-state index in [0.29, 0.717) is 11.3 Å². The lowest BCUT2D eigenvalue weighted by molar-refractivity contribution is 0.389. The van der Waals surface area contributed by atoms with Crippen molar-refractivity contribution in [2.45, 2.75) is 22.9 Å². The van der Waals surface area contributed by atoms with Gasteiger partial charge in [-0.15, -0.1) is 0 Å². The van der Waals surface area contributed by atoms with Gasteiger partial charge < -0.3 is 4.74 Å². The van der Waals surface area contributed by atoms with E-state index in [1.54, 1.807) is 30.3 Å². The molecule has 0 aliphatic heterocycles. The number of hydrogen-bond acceptors (Lipinski definition) is 5. The van der Waals surface area contributed by atoms with E-state index in [9.17, 15) is 21.2 Å². The van der Waals surface area contributed by atoms with Gasteiger partial charge in [-0.05, 0) is 48.0 Å². The van der Waals surface area contributed by atoms with Crippen molar-refractivity contribution in [2.24, 2.45) is 0 Å². The Hall–Kier alpha value is -2.79. The van der Waals surface area contributed by atoms with Crippen LogP contribution < -0.4 is 4.74 Å². The quantitative estimate of drug-likeness (QED) is 0.457. The topological polar surface area (TPSA) is 84.0 Å². The second kappa shape index (κ2) is 10.0. The summed E-state index contributed by atoms with van der Waals surface area (Å²) in [6, 6.07) is 17.9. The van der Waals surface area contributed by atoms with Crippen molar-refractivity contribution in [3.63, 3.8) is 0 Å². The van der Waals surface area contributed by atoms with Gasteiger partial charge in [0.25, 0.3) is 0 Å². The SMILES string of the molecule is COc1cccc(CN(Cc2ccccc2F)S(=O)(=O)c2ccc(S(=O)(=O)N(C)C)cc2)c1. The van der Waals surface area contributed by atoms with E-state index in [-0.39, 0.29) is 28.4 Å². The predicted octanol–water partition coefficient (Wildman–Crippen LogP) is 3.48. The number of benzene rings is 3. The summed E-state index contributed by atoms with van der Waals surface area (Å²) in [5.41, 5.74) is 0.872. The minimum absolute atomic E-state index is 0.0279. The second-order valence-corrected chi connectivity index (χ2v) is 11.6. The summed E-state index contributed by atoms with van der Waals surface area (Å²) >= 11 is 0. The largest absolute Gasteiger partial charge is 0.497 e. The van der Waals surface area contributed by atoms with Crippen molar-refractivity contribution in [1.29, 1.82) is 0 Å². The van der Waals surface area contributed by atoms with E-state index >= 15 is 0 Å². The van der Waals surface area contributed by atoms with E-state index in [1.165, 1.54) is 63.7 Å². The summed E-state index contributed by atoms with van der Waals surface area (Å²) < 4.78 is 73.4. The van der Waals surface area contributed by atoms with Crippen LogP contribution in [0.2, 0.25) is 0 Å². The first kappa shape index (κ1) is 24.8. The van der Waals surface area contributed by atoms with E-state index in [1.807, 2.05) is 0 Å². The fraction of sp³-hybridized carbons (Fsp3) is 0.217. The van der Waals surface area contributed by atoms with Gasteiger partial charge in [0.1, 0.15) is 11.6 Å². The van der Waals surface area contributed by atoms with E-state index < -0.39 is 25.9 Å². The molecule has 0 atom stereocenters. The van der Waals surface area contributed by atoms with E-state index in [4.69, 9.17) is 4.74 Å². The minimum atomic E-state index is -4.10. The third kappa shape index (κ3) is 5.59. The van der Waals surface area contributed by atoms with Crippen LogP contribution in [0.5, 0.6) is 5.75 Å². The van der Waals surface area contributed by atoms with Gasteiger partial charge in [0.05, 0.1) is 16.9 Å². The van der Waals surface area contributed by atoms with E-state index in [2.05, 4.69) is 0 Å². The fourth-order valence-corrected chi connectivity index (χ4v) is 5.47. The Morgan fingerprint density at radius 1 is 0.788 bits per heavy atom. The third-order valence-electron chi connectivity index (χ3n) is 5.04. The van der Waals surface area contributed by atoms with Crippen molar-refractivity contribution in [2.75, 3.05) is 21.2 Å². The molecule has 3 aromatic carbocycles. The normalized spacial score (nSPS) is 12.3. The molecule has 10 heteroatoms. The molecule has 7 nitrogen and oxygen atoms in total. The number of ether oxygens (including phenoxy) is 1. The highest BCUT2D eigenvalue weighted by atomic mass is 32.2. The van der Waals surface area contributed by atoms with Crippen molar-refractivity contribution >= 4 is 20.0 Å². The molecule has 3 rings (SSSR count). The summed E-state index contributed by atoms with van der Waals surface area (Å²) in [4.78, 5) is -0.126. The lowest BCUT2D eigenvalue weighted by atomic mass is 10.2. The lowest BCUT2D eigenvalue weighted by Gasteiger charge is -2.23. The minimum Gasteiger partial charge on any atom is -0.497 e. The lowest BCUT2D eigenvalue weighted by Crippen LogP contribution is -2.30. The number of nitrogens with zero attached hydrogens (tertiary/aromatic N) is 2. The average Bonchev–Trinajstić information content (AvgIpc) is 2.80. The maximum atomic E-state index is 14.3. The number of sulfonamides is 2. The Kier molecular flexibility index (Phi) is 7.53. The molecule has 0 aliphatic rings. The highest BCUT2D eigenvalue weighted by Crippen LogP contribution is 2.25. The van der Waals surface area contributed by atoms with Gasteiger partial charge in [-0.25, -0.2) is 25.5 Å². The molecule has 0 bridgehead atoms. The molecular formula is C23H25FN2O5S2. The van der Waals surface area contributed by atoms with Gasteiger partial charge in [-0.1, -0.05) is 30.3 Å². The van der Waals surface area contributed by atoms with Crippen molar-refractivity contribution < 1.29 is 26.0 Å². The van der Waals surface area contributed by atoms with Crippen LogP contribution in [0.25, 0.3) is 0 Å². The van der Waals surface area contributed by atoms with Crippen LogP contribution in [0, 0.1) is 5.82 Å². The van der Waals surface area contributed by atoms with Crippen LogP contribution >= 0.6 is 0 Å². The molecule has 0 aliphatic carbocycles. The standard InChI is InChI=1S/C23H25FN2O5S2/c1-25(2)32(27,28)21-11-13-22(14-12-21)33(29,30)26(17-19-8-4-5-10-23(19)24)16-18-7-6-9-20(15-18)31-3/h4-15H,16-17H2,1-3H3. The van der Waals surface area contributed by atoms with Gasteiger partial charge in [0, 0.05) is 32.7 Å². The molecule has 0 saturated carbocycles. The maximum absolute atomic E-state index is 14.3. The van der Waals surface area contributed by atoms with Crippen LogP contribution in [0.15, 0.2) is 82.6 Å². The molecule has 0 spiro atoms. The molecule has 0 saturated heterocycles. The average molecular weight is 493 g/mol. The molecule has 176 valence electrons. The number of hydrogen-bond donors (Lipinski definition) is 0. The van der Waals surface area contributed by atoms with Crippen molar-refractivity contribution in [3.8, 4) is 5.75 Å². The summed E-state index contributed by atoms with van der Waals surface area (Å²) in [7, 11) is -3.51. The van der Waals surface area contributed by atoms with E-state index in [0.717, 1.165) is 8.61 Å². The third-order valence-corrected chi connectivity index (χ3v) is 8.67. The molecule has 0 fully saturated rings. The van der Waals surface area contributed by atoms with Crippen LogP contribution in [0.3, 0.4) is 0 Å². The van der Waals surface area contributed by atoms with Gasteiger partial charge in [-0.2, -0.15) is 4.31 Å². The zero-order valence-electron chi connectivity index (χ0n) is 18.5. The molecule has 0 radical (unpaired) electrons. The Morgan fingerprint density at radius 3 is 1.97 bits per heavy atom. The van der Waals surface area contributed by atoms with Gasteiger partial charge in [0.15, 0.2) is 0 Å². The Labute approximate surface area is 194 Å². The van der Waals surface area contributed by atoms with Gasteiger partial charge in [-0.3, -0.25) is 0 Å². The summed E-state index contributed by atoms with van der Waals surface area (Å²) in [6.45, 7) is -0.240. The Morgan fingerprint density at radius 2 is 1.39 bits per heavy atom. The zero-order chi connectivity index (χ0) is 24.2. The van der Waals surface area contributed by atoms with Gasteiger partial charge >= 0.3 is 0 Å². The number of methoxy groups -OCH3 is 1. The summed E-state index contributed by atoms with van der Waals surface area (Å²) in [5, 5.41) is 0. The zero-order valence-corrected chi connectivity index (χ0v) is 20.1. The first-order valence-electron chi connectivity index (χ1n) is 9.95. The molecular weight excluding hydrogens is 467 g/mol. The monoisotopic (exact) mass is 492 g/mol. The fourth-order valence-electron chi connectivity index (χ4n) is 3.16. The highest BCUT2D eigenvalue weighted by Gasteiger charge is 2.27. The predicted molar refractivity (Wildman–Crippen MR) is 123 cm³/mol. The molecule has 3 aromatic rings. The van der Waals surface area contributed by atoms with Crippen LogP contribution in [-0.2, 0) is 33.1 Å².